The second-order valence-electron chi connectivity index (χ2n) is 5.53. The van der Waals surface area contributed by atoms with Crippen LogP contribution in [0.5, 0.6) is 5.75 Å². The highest BCUT2D eigenvalue weighted by atomic mass is 19.2. The Balaban J connectivity index is 1.64. The molecule has 1 aliphatic rings. The van der Waals surface area contributed by atoms with Crippen molar-refractivity contribution in [3.05, 3.63) is 41.5 Å². The molecule has 1 aromatic rings. The number of hydrogen-bond acceptors (Lipinski definition) is 3. The predicted molar refractivity (Wildman–Crippen MR) is 84.6 cm³/mol. The third-order valence-corrected chi connectivity index (χ3v) is 3.63. The van der Waals surface area contributed by atoms with E-state index in [0.29, 0.717) is 6.54 Å². The zero-order valence-corrected chi connectivity index (χ0v) is 13.2. The molecule has 5 nitrogen and oxygen atoms in total. The fourth-order valence-corrected chi connectivity index (χ4v) is 2.39. The minimum Gasteiger partial charge on any atom is -0.484 e. The Hall–Kier alpha value is -2.44. The van der Waals surface area contributed by atoms with Crippen molar-refractivity contribution >= 4 is 11.9 Å². The Morgan fingerprint density at radius 3 is 2.71 bits per heavy atom. The Morgan fingerprint density at radius 2 is 2.00 bits per heavy atom. The van der Waals surface area contributed by atoms with Gasteiger partial charge in [0.2, 0.25) is 0 Å². The van der Waals surface area contributed by atoms with Crippen molar-refractivity contribution < 1.29 is 23.1 Å². The average molecular weight is 338 g/mol. The molecule has 0 bridgehead atoms. The lowest BCUT2D eigenvalue weighted by Gasteiger charge is -2.13. The largest absolute Gasteiger partial charge is 0.484 e. The molecule has 130 valence electrons. The van der Waals surface area contributed by atoms with Crippen LogP contribution in [0.25, 0.3) is 0 Å². The fraction of sp³-hybridized carbons (Fsp3) is 0.412. The number of hydrogen-bond donors (Lipinski definition) is 2. The molecule has 0 spiro atoms. The molecule has 2 N–H and O–H groups in total. The van der Waals surface area contributed by atoms with E-state index >= 15 is 0 Å². The highest BCUT2D eigenvalue weighted by Gasteiger charge is 2.10. The summed E-state index contributed by atoms with van der Waals surface area (Å²) < 4.78 is 30.7. The van der Waals surface area contributed by atoms with Crippen molar-refractivity contribution in [2.24, 2.45) is 0 Å². The number of rotatable bonds is 6. The van der Waals surface area contributed by atoms with Crippen LogP contribution in [0, 0.1) is 11.6 Å². The summed E-state index contributed by atoms with van der Waals surface area (Å²) in [7, 11) is 0. The number of carbonyl (C=O) groups is 2. The lowest BCUT2D eigenvalue weighted by atomic mass is 9.97. The van der Waals surface area contributed by atoms with Gasteiger partial charge in [-0.2, -0.15) is 0 Å². The first-order valence-electron chi connectivity index (χ1n) is 7.88. The maximum Gasteiger partial charge on any atom is 0.321 e. The lowest BCUT2D eigenvalue weighted by Crippen LogP contribution is -2.42. The molecular weight excluding hydrogens is 318 g/mol. The van der Waals surface area contributed by atoms with Gasteiger partial charge in [0.15, 0.2) is 18.2 Å². The Morgan fingerprint density at radius 1 is 1.17 bits per heavy atom. The number of amides is 3. The number of nitrogens with one attached hydrogen (secondary N) is 2. The molecule has 3 amide bonds. The predicted octanol–water partition coefficient (Wildman–Crippen LogP) is 3.06. The van der Waals surface area contributed by atoms with Gasteiger partial charge in [-0.3, -0.25) is 10.1 Å². The summed E-state index contributed by atoms with van der Waals surface area (Å²) in [4.78, 5) is 23.1. The number of allylic oxidation sites excluding steroid dienone is 1. The topological polar surface area (TPSA) is 67.4 Å². The lowest BCUT2D eigenvalue weighted by molar-refractivity contribution is -0.122. The van der Waals surface area contributed by atoms with Gasteiger partial charge in [-0.1, -0.05) is 11.6 Å². The van der Waals surface area contributed by atoms with Gasteiger partial charge in [-0.25, -0.2) is 13.6 Å². The van der Waals surface area contributed by atoms with E-state index in [1.165, 1.54) is 24.5 Å². The Kier molecular flexibility index (Phi) is 6.72. The Bertz CT molecular complexity index is 632. The van der Waals surface area contributed by atoms with Crippen molar-refractivity contribution in [3.63, 3.8) is 0 Å². The second-order valence-corrected chi connectivity index (χ2v) is 5.53. The van der Waals surface area contributed by atoms with Crippen LogP contribution in [0.15, 0.2) is 29.8 Å². The molecule has 0 aromatic heterocycles. The zero-order chi connectivity index (χ0) is 17.4. The van der Waals surface area contributed by atoms with Crippen LogP contribution >= 0.6 is 0 Å². The summed E-state index contributed by atoms with van der Waals surface area (Å²) in [6, 6.07) is 2.32. The number of benzene rings is 1. The van der Waals surface area contributed by atoms with Gasteiger partial charge in [-0.15, -0.1) is 0 Å². The molecular formula is C17H20F2N2O3. The number of halogens is 2. The summed E-state index contributed by atoms with van der Waals surface area (Å²) in [6.07, 6.45) is 7.50. The van der Waals surface area contributed by atoms with E-state index in [4.69, 9.17) is 4.74 Å². The third kappa shape index (κ3) is 5.98. The van der Waals surface area contributed by atoms with E-state index in [0.717, 1.165) is 31.4 Å². The highest BCUT2D eigenvalue weighted by Crippen LogP contribution is 2.19. The SMILES string of the molecule is O=C(COc1ccc(F)c(F)c1)NC(=O)NCCC1=CCCCC1. The normalized spacial score (nSPS) is 13.8. The molecule has 0 aliphatic heterocycles. The molecule has 7 heteroatoms. The average Bonchev–Trinajstić information content (AvgIpc) is 2.57. The van der Waals surface area contributed by atoms with Gasteiger partial charge < -0.3 is 10.1 Å². The van der Waals surface area contributed by atoms with Gasteiger partial charge in [0.25, 0.3) is 5.91 Å². The minimum absolute atomic E-state index is 0.00805. The smallest absolute Gasteiger partial charge is 0.321 e. The minimum atomic E-state index is -1.07. The van der Waals surface area contributed by atoms with Gasteiger partial charge in [0, 0.05) is 12.6 Å². The van der Waals surface area contributed by atoms with E-state index in [1.807, 2.05) is 0 Å². The van der Waals surface area contributed by atoms with Crippen LogP contribution in [0.1, 0.15) is 32.1 Å². The number of imide groups is 1. The third-order valence-electron chi connectivity index (χ3n) is 3.63. The molecule has 2 rings (SSSR count). The molecule has 24 heavy (non-hydrogen) atoms. The number of urea groups is 1. The molecule has 0 atom stereocenters. The molecule has 0 unspecified atom stereocenters. The van der Waals surface area contributed by atoms with E-state index < -0.39 is 30.2 Å². The van der Waals surface area contributed by atoms with Gasteiger partial charge in [-0.05, 0) is 44.2 Å². The molecule has 0 heterocycles. The van der Waals surface area contributed by atoms with E-state index in [1.54, 1.807) is 0 Å². The zero-order valence-electron chi connectivity index (χ0n) is 13.2. The monoisotopic (exact) mass is 338 g/mol. The first-order chi connectivity index (χ1) is 11.5. The molecule has 0 fully saturated rings. The summed E-state index contributed by atoms with van der Waals surface area (Å²) in [5.74, 6) is -2.73. The maximum absolute atomic E-state index is 13.0. The van der Waals surface area contributed by atoms with Crippen molar-refractivity contribution in [1.82, 2.24) is 10.6 Å². The summed E-state index contributed by atoms with van der Waals surface area (Å²) >= 11 is 0. The van der Waals surface area contributed by atoms with Crippen LogP contribution in [-0.2, 0) is 4.79 Å². The highest BCUT2D eigenvalue weighted by molar-refractivity contribution is 5.94. The standard InChI is InChI=1S/C17H20F2N2O3/c18-14-7-6-13(10-15(14)19)24-11-16(22)21-17(23)20-9-8-12-4-2-1-3-5-12/h4,6-7,10H,1-3,5,8-9,11H2,(H2,20,21,22,23). The summed E-state index contributed by atoms with van der Waals surface area (Å²) in [5.41, 5.74) is 1.33. The van der Waals surface area contributed by atoms with Crippen LogP contribution in [0.4, 0.5) is 13.6 Å². The number of carbonyl (C=O) groups excluding carboxylic acids is 2. The molecule has 0 saturated heterocycles. The number of ether oxygens (including phenoxy) is 1. The quantitative estimate of drug-likeness (QED) is 0.784. The van der Waals surface area contributed by atoms with Crippen molar-refractivity contribution in [2.75, 3.05) is 13.2 Å². The molecule has 1 aromatic carbocycles. The van der Waals surface area contributed by atoms with E-state index in [-0.39, 0.29) is 5.75 Å². The van der Waals surface area contributed by atoms with Crippen LogP contribution in [-0.4, -0.2) is 25.1 Å². The van der Waals surface area contributed by atoms with Crippen molar-refractivity contribution in [1.29, 1.82) is 0 Å². The van der Waals surface area contributed by atoms with E-state index in [2.05, 4.69) is 16.7 Å². The van der Waals surface area contributed by atoms with E-state index in [9.17, 15) is 18.4 Å². The maximum atomic E-state index is 13.0. The van der Waals surface area contributed by atoms with Crippen molar-refractivity contribution in [3.8, 4) is 5.75 Å². The van der Waals surface area contributed by atoms with Gasteiger partial charge in [0.1, 0.15) is 5.75 Å². The van der Waals surface area contributed by atoms with Crippen LogP contribution < -0.4 is 15.4 Å². The fourth-order valence-electron chi connectivity index (χ4n) is 2.39. The summed E-state index contributed by atoms with van der Waals surface area (Å²) in [6.45, 7) is -0.0153. The second kappa shape index (κ2) is 9.00. The van der Waals surface area contributed by atoms with Gasteiger partial charge >= 0.3 is 6.03 Å². The molecule has 1 aliphatic carbocycles. The van der Waals surface area contributed by atoms with Gasteiger partial charge in [0.05, 0.1) is 0 Å². The first kappa shape index (κ1) is 17.9. The molecule has 0 saturated carbocycles. The van der Waals surface area contributed by atoms with Crippen LogP contribution in [0.2, 0.25) is 0 Å². The first-order valence-corrected chi connectivity index (χ1v) is 7.88. The Labute approximate surface area is 139 Å². The molecule has 0 radical (unpaired) electrons. The van der Waals surface area contributed by atoms with Crippen LogP contribution in [0.3, 0.4) is 0 Å². The van der Waals surface area contributed by atoms with Crippen molar-refractivity contribution in [2.45, 2.75) is 32.1 Å². The summed E-state index contributed by atoms with van der Waals surface area (Å²) in [5, 5.41) is 4.71.